The van der Waals surface area contributed by atoms with E-state index in [1.54, 1.807) is 0 Å². The van der Waals surface area contributed by atoms with E-state index in [0.717, 1.165) is 5.69 Å². The van der Waals surface area contributed by atoms with Crippen LogP contribution < -0.4 is 0 Å². The SMILES string of the molecule is CC.CC(C)N=Nc1ccc(C(C)C)cc1. The van der Waals surface area contributed by atoms with E-state index in [0.29, 0.717) is 5.92 Å². The molecule has 0 saturated carbocycles. The zero-order valence-corrected chi connectivity index (χ0v) is 11.4. The molecule has 0 unspecified atom stereocenters. The van der Waals surface area contributed by atoms with Crippen LogP contribution in [-0.4, -0.2) is 6.04 Å². The van der Waals surface area contributed by atoms with Crippen LogP contribution in [0.15, 0.2) is 34.5 Å². The van der Waals surface area contributed by atoms with Crippen molar-refractivity contribution in [2.24, 2.45) is 10.2 Å². The highest BCUT2D eigenvalue weighted by atomic mass is 15.1. The zero-order valence-electron chi connectivity index (χ0n) is 11.4. The quantitative estimate of drug-likeness (QED) is 0.615. The van der Waals surface area contributed by atoms with Crippen molar-refractivity contribution in [3.05, 3.63) is 29.8 Å². The van der Waals surface area contributed by atoms with Crippen molar-refractivity contribution in [1.29, 1.82) is 0 Å². The Morgan fingerprint density at radius 3 is 1.75 bits per heavy atom. The summed E-state index contributed by atoms with van der Waals surface area (Å²) in [6.07, 6.45) is 0. The van der Waals surface area contributed by atoms with Crippen LogP contribution in [0.3, 0.4) is 0 Å². The van der Waals surface area contributed by atoms with Gasteiger partial charge in [-0.2, -0.15) is 10.2 Å². The number of hydrogen-bond acceptors (Lipinski definition) is 2. The Hall–Kier alpha value is -1.18. The van der Waals surface area contributed by atoms with Crippen molar-refractivity contribution in [2.45, 2.75) is 53.5 Å². The molecule has 0 atom stereocenters. The largest absolute Gasteiger partial charge is 0.186 e. The number of azo groups is 1. The first-order valence-electron chi connectivity index (χ1n) is 6.10. The van der Waals surface area contributed by atoms with Gasteiger partial charge in [0.05, 0.1) is 11.7 Å². The van der Waals surface area contributed by atoms with Crippen LogP contribution in [0.5, 0.6) is 0 Å². The summed E-state index contributed by atoms with van der Waals surface area (Å²) in [5, 5.41) is 8.23. The van der Waals surface area contributed by atoms with Gasteiger partial charge in [-0.05, 0) is 37.5 Å². The topological polar surface area (TPSA) is 24.7 Å². The van der Waals surface area contributed by atoms with Gasteiger partial charge in [-0.1, -0.05) is 39.8 Å². The maximum absolute atomic E-state index is 4.13. The summed E-state index contributed by atoms with van der Waals surface area (Å²) >= 11 is 0. The summed E-state index contributed by atoms with van der Waals surface area (Å²) in [6, 6.07) is 8.51. The lowest BCUT2D eigenvalue weighted by Crippen LogP contribution is -1.86. The van der Waals surface area contributed by atoms with Gasteiger partial charge in [0.25, 0.3) is 0 Å². The molecule has 0 radical (unpaired) electrons. The minimum atomic E-state index is 0.264. The summed E-state index contributed by atoms with van der Waals surface area (Å²) in [5.41, 5.74) is 2.27. The molecule has 0 spiro atoms. The normalized spacial score (nSPS) is 10.8. The maximum atomic E-state index is 4.13. The molecule has 0 aliphatic carbocycles. The van der Waals surface area contributed by atoms with Gasteiger partial charge in [0.15, 0.2) is 0 Å². The van der Waals surface area contributed by atoms with Gasteiger partial charge in [-0.3, -0.25) is 0 Å². The fraction of sp³-hybridized carbons (Fsp3) is 0.571. The molecule has 0 aromatic heterocycles. The van der Waals surface area contributed by atoms with Crippen LogP contribution in [-0.2, 0) is 0 Å². The minimum Gasteiger partial charge on any atom is -0.186 e. The van der Waals surface area contributed by atoms with Crippen molar-refractivity contribution >= 4 is 5.69 Å². The molecular weight excluding hydrogens is 196 g/mol. The molecule has 0 aliphatic heterocycles. The molecule has 0 aliphatic rings. The summed E-state index contributed by atoms with van der Waals surface area (Å²) in [5.74, 6) is 0.575. The molecule has 1 rings (SSSR count). The minimum absolute atomic E-state index is 0.264. The van der Waals surface area contributed by atoms with E-state index >= 15 is 0 Å². The average Bonchev–Trinajstić information content (AvgIpc) is 2.29. The lowest BCUT2D eigenvalue weighted by molar-refractivity contribution is 0.778. The van der Waals surface area contributed by atoms with Gasteiger partial charge in [-0.15, -0.1) is 0 Å². The summed E-state index contributed by atoms with van der Waals surface area (Å²) in [6.45, 7) is 12.4. The van der Waals surface area contributed by atoms with E-state index in [-0.39, 0.29) is 6.04 Å². The van der Waals surface area contributed by atoms with E-state index in [9.17, 15) is 0 Å². The Morgan fingerprint density at radius 2 is 1.38 bits per heavy atom. The summed E-state index contributed by atoms with van der Waals surface area (Å²) in [7, 11) is 0. The summed E-state index contributed by atoms with van der Waals surface area (Å²) < 4.78 is 0. The fourth-order valence-electron chi connectivity index (χ4n) is 1.11. The second-order valence-electron chi connectivity index (χ2n) is 4.06. The Balaban J connectivity index is 0.00000106. The van der Waals surface area contributed by atoms with Crippen LogP contribution in [0.4, 0.5) is 5.69 Å². The van der Waals surface area contributed by atoms with E-state index in [2.05, 4.69) is 36.2 Å². The highest BCUT2D eigenvalue weighted by Crippen LogP contribution is 2.19. The van der Waals surface area contributed by atoms with Gasteiger partial charge in [0.1, 0.15) is 0 Å². The third-order valence-corrected chi connectivity index (χ3v) is 1.96. The maximum Gasteiger partial charge on any atom is 0.0852 e. The number of hydrogen-bond donors (Lipinski definition) is 0. The molecule has 90 valence electrons. The van der Waals surface area contributed by atoms with Crippen molar-refractivity contribution in [3.8, 4) is 0 Å². The number of rotatable bonds is 3. The first-order chi connectivity index (χ1) is 7.59. The van der Waals surface area contributed by atoms with Crippen LogP contribution in [0.2, 0.25) is 0 Å². The molecule has 2 nitrogen and oxygen atoms in total. The molecule has 1 aromatic carbocycles. The molecule has 0 bridgehead atoms. The molecule has 1 aromatic rings. The lowest BCUT2D eigenvalue weighted by Gasteiger charge is -2.04. The van der Waals surface area contributed by atoms with E-state index in [1.165, 1.54) is 5.56 Å². The first kappa shape index (κ1) is 14.8. The van der Waals surface area contributed by atoms with Crippen LogP contribution >= 0.6 is 0 Å². The fourth-order valence-corrected chi connectivity index (χ4v) is 1.11. The Bertz CT molecular complexity index is 297. The Morgan fingerprint density at radius 1 is 0.875 bits per heavy atom. The smallest absolute Gasteiger partial charge is 0.0852 e. The van der Waals surface area contributed by atoms with Gasteiger partial charge < -0.3 is 0 Å². The molecule has 0 heterocycles. The third kappa shape index (κ3) is 5.64. The monoisotopic (exact) mass is 220 g/mol. The standard InChI is InChI=1S/C12H18N2.C2H6/c1-9(2)11-5-7-12(8-6-11)14-13-10(3)4;1-2/h5-10H,1-4H3;1-2H3. The highest BCUT2D eigenvalue weighted by molar-refractivity contribution is 5.38. The first-order valence-corrected chi connectivity index (χ1v) is 6.10. The summed E-state index contributed by atoms with van der Waals surface area (Å²) in [4.78, 5) is 0. The average molecular weight is 220 g/mol. The van der Waals surface area contributed by atoms with E-state index < -0.39 is 0 Å². The molecule has 0 fully saturated rings. The number of nitrogens with zero attached hydrogens (tertiary/aromatic N) is 2. The zero-order chi connectivity index (χ0) is 12.6. The van der Waals surface area contributed by atoms with Crippen molar-refractivity contribution in [3.63, 3.8) is 0 Å². The van der Waals surface area contributed by atoms with Crippen molar-refractivity contribution < 1.29 is 0 Å². The van der Waals surface area contributed by atoms with Crippen LogP contribution in [0.25, 0.3) is 0 Å². The van der Waals surface area contributed by atoms with Gasteiger partial charge in [0.2, 0.25) is 0 Å². The van der Waals surface area contributed by atoms with Crippen LogP contribution in [0, 0.1) is 0 Å². The third-order valence-electron chi connectivity index (χ3n) is 1.96. The predicted molar refractivity (Wildman–Crippen MR) is 71.5 cm³/mol. The molecule has 0 saturated heterocycles. The van der Waals surface area contributed by atoms with E-state index in [4.69, 9.17) is 0 Å². The highest BCUT2D eigenvalue weighted by Gasteiger charge is 1.97. The molecule has 2 heteroatoms. The molecule has 16 heavy (non-hydrogen) atoms. The molecule has 0 N–H and O–H groups in total. The van der Waals surface area contributed by atoms with Crippen LogP contribution in [0.1, 0.15) is 53.0 Å². The molecule has 0 amide bonds. The van der Waals surface area contributed by atoms with Crippen molar-refractivity contribution in [2.75, 3.05) is 0 Å². The van der Waals surface area contributed by atoms with Gasteiger partial charge in [0, 0.05) is 0 Å². The van der Waals surface area contributed by atoms with Gasteiger partial charge >= 0.3 is 0 Å². The number of benzene rings is 1. The lowest BCUT2D eigenvalue weighted by atomic mass is 10.0. The second-order valence-corrected chi connectivity index (χ2v) is 4.06. The second kappa shape index (κ2) is 8.03. The van der Waals surface area contributed by atoms with Crippen molar-refractivity contribution in [1.82, 2.24) is 0 Å². The molecular formula is C14H24N2. The predicted octanol–water partition coefficient (Wildman–Crippen LogP) is 5.33. The Labute approximate surface area is 99.8 Å². The van der Waals surface area contributed by atoms with E-state index in [1.807, 2.05) is 39.8 Å². The Kier molecular flexibility index (Phi) is 7.44. The van der Waals surface area contributed by atoms with Gasteiger partial charge in [-0.25, -0.2) is 0 Å².